The Hall–Kier alpha value is 0.620. The molecule has 0 N–H and O–H groups in total. The summed E-state index contributed by atoms with van der Waals surface area (Å²) in [7, 11) is -4.12. The Morgan fingerprint density at radius 1 is 1.07 bits per heavy atom. The molecule has 15 heavy (non-hydrogen) atoms. The van der Waals surface area contributed by atoms with Gasteiger partial charge in [-0.1, -0.05) is 58.0 Å². The van der Waals surface area contributed by atoms with E-state index in [-0.39, 0.29) is 9.92 Å². The van der Waals surface area contributed by atoms with Crippen LogP contribution < -0.4 is 0 Å². The van der Waals surface area contributed by atoms with Crippen molar-refractivity contribution in [3.63, 3.8) is 0 Å². The van der Waals surface area contributed by atoms with Crippen LogP contribution in [0.15, 0.2) is 23.1 Å². The van der Waals surface area contributed by atoms with Crippen LogP contribution in [0.5, 0.6) is 0 Å². The van der Waals surface area contributed by atoms with Gasteiger partial charge in [0, 0.05) is 5.02 Å². The summed E-state index contributed by atoms with van der Waals surface area (Å²) in [5.41, 5.74) is 0. The zero-order chi connectivity index (χ0) is 11.9. The Morgan fingerprint density at radius 2 is 1.60 bits per heavy atom. The molecule has 0 heterocycles. The smallest absolute Gasteiger partial charge is 0.219 e. The van der Waals surface area contributed by atoms with Crippen molar-refractivity contribution in [1.82, 2.24) is 0 Å². The third-order valence-corrected chi connectivity index (χ3v) is 5.52. The summed E-state index contributed by atoms with van der Waals surface area (Å²) >= 11 is 27.3. The lowest BCUT2D eigenvalue weighted by Gasteiger charge is -2.13. The van der Waals surface area contributed by atoms with Gasteiger partial charge in [-0.2, -0.15) is 0 Å². The first kappa shape index (κ1) is 13.7. The monoisotopic (exact) mass is 326 g/mol. The maximum Gasteiger partial charge on any atom is 0.297 e. The van der Waals surface area contributed by atoms with Crippen molar-refractivity contribution in [2.75, 3.05) is 0 Å². The summed E-state index contributed by atoms with van der Waals surface area (Å²) in [5.74, 6) is 0. The fourth-order valence-electron chi connectivity index (χ4n) is 0.818. The van der Waals surface area contributed by atoms with Gasteiger partial charge in [-0.3, -0.25) is 0 Å². The molecule has 0 amide bonds. The number of benzene rings is 1. The predicted octanol–water partition coefficient (Wildman–Crippen LogP) is 4.09. The van der Waals surface area contributed by atoms with Gasteiger partial charge in [-0.05, 0) is 18.2 Å². The number of sulfone groups is 1. The molecule has 0 fully saturated rings. The molecule has 0 aromatic heterocycles. The average Bonchev–Trinajstić information content (AvgIpc) is 2.00. The van der Waals surface area contributed by atoms with E-state index >= 15 is 0 Å². The minimum Gasteiger partial charge on any atom is -0.219 e. The summed E-state index contributed by atoms with van der Waals surface area (Å²) in [5, 5.41) is 0.206. The second-order valence-electron chi connectivity index (χ2n) is 2.52. The van der Waals surface area contributed by atoms with Gasteiger partial charge >= 0.3 is 0 Å². The molecule has 0 radical (unpaired) electrons. The lowest BCUT2D eigenvalue weighted by Crippen LogP contribution is -2.19. The highest BCUT2D eigenvalue weighted by atomic mass is 35.6. The molecule has 0 saturated heterocycles. The molecule has 0 saturated carbocycles. The molecule has 0 aliphatic carbocycles. The third kappa shape index (κ3) is 2.84. The van der Waals surface area contributed by atoms with Gasteiger partial charge in [0.25, 0.3) is 3.12 Å². The SMILES string of the molecule is O=S(=O)(c1ccc(Cl)cc1Cl)C(Cl)(Cl)Cl. The molecule has 0 spiro atoms. The van der Waals surface area contributed by atoms with Gasteiger partial charge in [0.15, 0.2) is 0 Å². The van der Waals surface area contributed by atoms with Crippen molar-refractivity contribution < 1.29 is 8.42 Å². The molecule has 8 heteroatoms. The van der Waals surface area contributed by atoms with Crippen LogP contribution in [0, 0.1) is 0 Å². The van der Waals surface area contributed by atoms with Gasteiger partial charge < -0.3 is 0 Å². The number of hydrogen-bond donors (Lipinski definition) is 0. The Balaban J connectivity index is 3.42. The zero-order valence-electron chi connectivity index (χ0n) is 6.85. The molecule has 0 aliphatic heterocycles. The summed E-state index contributed by atoms with van der Waals surface area (Å²) in [6.07, 6.45) is 0. The van der Waals surface area contributed by atoms with Crippen LogP contribution in [0.4, 0.5) is 0 Å². The Kier molecular flexibility index (Phi) is 4.08. The van der Waals surface area contributed by atoms with E-state index in [1.807, 2.05) is 0 Å². The minimum absolute atomic E-state index is 0.0891. The van der Waals surface area contributed by atoms with Crippen molar-refractivity contribution in [3.8, 4) is 0 Å². The largest absolute Gasteiger partial charge is 0.297 e. The van der Waals surface area contributed by atoms with Gasteiger partial charge in [0.05, 0.1) is 9.92 Å². The molecule has 0 bridgehead atoms. The van der Waals surface area contributed by atoms with E-state index in [0.29, 0.717) is 5.02 Å². The topological polar surface area (TPSA) is 34.1 Å². The maximum atomic E-state index is 11.7. The van der Waals surface area contributed by atoms with Crippen molar-refractivity contribution in [1.29, 1.82) is 0 Å². The van der Waals surface area contributed by atoms with Crippen LogP contribution in [0.1, 0.15) is 0 Å². The minimum atomic E-state index is -4.12. The van der Waals surface area contributed by atoms with Crippen LogP contribution in [0.3, 0.4) is 0 Å². The van der Waals surface area contributed by atoms with E-state index in [9.17, 15) is 8.42 Å². The summed E-state index contributed by atoms with van der Waals surface area (Å²) in [6, 6.07) is 3.78. The molecule has 1 aromatic carbocycles. The molecule has 0 unspecified atom stereocenters. The fraction of sp³-hybridized carbons (Fsp3) is 0.143. The Bertz CT molecular complexity index is 477. The quantitative estimate of drug-likeness (QED) is 0.728. The lowest BCUT2D eigenvalue weighted by atomic mass is 10.4. The van der Waals surface area contributed by atoms with E-state index in [4.69, 9.17) is 58.0 Å². The lowest BCUT2D eigenvalue weighted by molar-refractivity contribution is 0.596. The average molecular weight is 328 g/mol. The van der Waals surface area contributed by atoms with Gasteiger partial charge in [0.1, 0.15) is 0 Å². The van der Waals surface area contributed by atoms with Crippen molar-refractivity contribution >= 4 is 67.8 Å². The van der Waals surface area contributed by atoms with E-state index < -0.39 is 13.0 Å². The molecule has 84 valence electrons. The summed E-state index contributed by atoms with van der Waals surface area (Å²) in [4.78, 5) is -0.270. The predicted molar refractivity (Wildman–Crippen MR) is 63.9 cm³/mol. The molecule has 2 nitrogen and oxygen atoms in total. The number of rotatable bonds is 1. The van der Waals surface area contributed by atoms with E-state index in [2.05, 4.69) is 0 Å². The van der Waals surface area contributed by atoms with Crippen molar-refractivity contribution in [3.05, 3.63) is 28.2 Å². The number of alkyl halides is 3. The second-order valence-corrected chi connectivity index (χ2v) is 8.38. The second kappa shape index (κ2) is 4.47. The van der Waals surface area contributed by atoms with Crippen LogP contribution in [-0.4, -0.2) is 11.5 Å². The van der Waals surface area contributed by atoms with Gasteiger partial charge in [0.2, 0.25) is 9.84 Å². The third-order valence-electron chi connectivity index (χ3n) is 1.49. The molecule has 0 aliphatic rings. The highest BCUT2D eigenvalue weighted by Gasteiger charge is 2.40. The first-order chi connectivity index (χ1) is 6.66. The molecule has 0 atom stereocenters. The Labute approximate surface area is 112 Å². The Morgan fingerprint density at radius 3 is 2.00 bits per heavy atom. The fourth-order valence-corrected chi connectivity index (χ4v) is 3.09. The highest BCUT2D eigenvalue weighted by Crippen LogP contribution is 2.40. The zero-order valence-corrected chi connectivity index (χ0v) is 11.4. The summed E-state index contributed by atoms with van der Waals surface area (Å²) < 4.78 is 20.9. The number of halogens is 5. The first-order valence-corrected chi connectivity index (χ1v) is 6.80. The standard InChI is InChI=1S/C7H3Cl5O2S/c8-4-1-2-6(5(9)3-4)15(13,14)7(10,11)12/h1-3H. The molecular weight excluding hydrogens is 325 g/mol. The van der Waals surface area contributed by atoms with E-state index in [1.165, 1.54) is 18.2 Å². The van der Waals surface area contributed by atoms with Crippen molar-refractivity contribution in [2.24, 2.45) is 0 Å². The van der Waals surface area contributed by atoms with Crippen LogP contribution in [0.2, 0.25) is 10.0 Å². The van der Waals surface area contributed by atoms with Gasteiger partial charge in [-0.15, -0.1) is 0 Å². The van der Waals surface area contributed by atoms with E-state index in [0.717, 1.165) is 0 Å². The normalized spacial score (nSPS) is 12.9. The molecular formula is C7H3Cl5O2S. The molecule has 1 aromatic rings. The van der Waals surface area contributed by atoms with Crippen LogP contribution >= 0.6 is 58.0 Å². The number of hydrogen-bond acceptors (Lipinski definition) is 2. The maximum absolute atomic E-state index is 11.7. The van der Waals surface area contributed by atoms with Crippen molar-refractivity contribution in [2.45, 2.75) is 8.02 Å². The van der Waals surface area contributed by atoms with Crippen LogP contribution in [0.25, 0.3) is 0 Å². The highest BCUT2D eigenvalue weighted by molar-refractivity contribution is 7.97. The van der Waals surface area contributed by atoms with Gasteiger partial charge in [-0.25, -0.2) is 8.42 Å². The summed E-state index contributed by atoms with van der Waals surface area (Å²) in [6.45, 7) is 0. The van der Waals surface area contributed by atoms with Crippen LogP contribution in [-0.2, 0) is 9.84 Å². The first-order valence-electron chi connectivity index (χ1n) is 3.42. The van der Waals surface area contributed by atoms with E-state index in [1.54, 1.807) is 0 Å². The molecule has 1 rings (SSSR count).